The largest absolute Gasteiger partial charge is 0.310 e. The number of hydrogen-bond donors (Lipinski definition) is 1. The summed E-state index contributed by atoms with van der Waals surface area (Å²) in [5, 5.41) is 5.93. The Balaban J connectivity index is 1.56. The van der Waals surface area contributed by atoms with E-state index in [1.165, 1.54) is 24.8 Å². The molecule has 2 aromatic rings. The number of aryl methyl sites for hydroxylation is 1. The van der Waals surface area contributed by atoms with Gasteiger partial charge in [0.1, 0.15) is 0 Å². The van der Waals surface area contributed by atoms with E-state index in [0.717, 1.165) is 13.0 Å². The summed E-state index contributed by atoms with van der Waals surface area (Å²) < 4.78 is 0. The smallest absolute Gasteiger partial charge is 0.0331 e. The molecule has 1 aliphatic carbocycles. The van der Waals surface area contributed by atoms with Crippen LogP contribution in [-0.2, 0) is 12.8 Å². The van der Waals surface area contributed by atoms with Crippen molar-refractivity contribution in [2.45, 2.75) is 31.7 Å². The van der Waals surface area contributed by atoms with Crippen molar-refractivity contribution < 1.29 is 0 Å². The Bertz CT molecular complexity index is 492. The molecule has 0 spiro atoms. The molecular formula is C15H18N2S. The quantitative estimate of drug-likeness (QED) is 0.909. The van der Waals surface area contributed by atoms with Crippen molar-refractivity contribution in [1.82, 2.24) is 10.3 Å². The van der Waals surface area contributed by atoms with Gasteiger partial charge in [-0.3, -0.25) is 4.98 Å². The highest BCUT2D eigenvalue weighted by atomic mass is 32.1. The lowest BCUT2D eigenvalue weighted by Gasteiger charge is -2.23. The second kappa shape index (κ2) is 5.63. The highest BCUT2D eigenvalue weighted by Crippen LogP contribution is 2.33. The molecule has 0 bridgehead atoms. The predicted molar refractivity (Wildman–Crippen MR) is 75.9 cm³/mol. The van der Waals surface area contributed by atoms with Gasteiger partial charge in [0.2, 0.25) is 0 Å². The van der Waals surface area contributed by atoms with Gasteiger partial charge in [0.25, 0.3) is 0 Å². The average Bonchev–Trinajstić information content (AvgIpc) is 2.89. The third-order valence-corrected chi connectivity index (χ3v) is 4.60. The van der Waals surface area contributed by atoms with Crippen LogP contribution in [0.5, 0.6) is 0 Å². The summed E-state index contributed by atoms with van der Waals surface area (Å²) in [6.45, 7) is 1.05. The standard InChI is InChI=1S/C15H18N2S/c1-2-14(13-7-11-18-15(13)3-1)17-10-6-12-4-8-16-9-5-12/h4-5,7-9,11,14,17H,1-3,6,10H2. The minimum Gasteiger partial charge on any atom is -0.310 e. The zero-order valence-electron chi connectivity index (χ0n) is 10.4. The summed E-state index contributed by atoms with van der Waals surface area (Å²) in [6, 6.07) is 7.06. The number of thiophene rings is 1. The summed E-state index contributed by atoms with van der Waals surface area (Å²) in [5.41, 5.74) is 2.90. The van der Waals surface area contributed by atoms with Crippen molar-refractivity contribution in [3.63, 3.8) is 0 Å². The van der Waals surface area contributed by atoms with Gasteiger partial charge in [0.05, 0.1) is 0 Å². The Hall–Kier alpha value is -1.19. The number of pyridine rings is 1. The van der Waals surface area contributed by atoms with Crippen molar-refractivity contribution >= 4 is 11.3 Å². The zero-order valence-corrected chi connectivity index (χ0v) is 11.2. The van der Waals surface area contributed by atoms with Crippen LogP contribution in [0.2, 0.25) is 0 Å². The minimum absolute atomic E-state index is 0.571. The highest BCUT2D eigenvalue weighted by molar-refractivity contribution is 7.10. The first kappa shape index (κ1) is 11.9. The number of fused-ring (bicyclic) bond motifs is 1. The molecule has 0 amide bonds. The molecule has 2 heterocycles. The van der Waals surface area contributed by atoms with Gasteiger partial charge in [0.15, 0.2) is 0 Å². The summed E-state index contributed by atoms with van der Waals surface area (Å²) in [5.74, 6) is 0. The molecule has 1 unspecified atom stereocenters. The van der Waals surface area contributed by atoms with Crippen LogP contribution in [0.15, 0.2) is 36.0 Å². The van der Waals surface area contributed by atoms with Crippen LogP contribution in [0.4, 0.5) is 0 Å². The van der Waals surface area contributed by atoms with E-state index in [9.17, 15) is 0 Å². The van der Waals surface area contributed by atoms with Gasteiger partial charge in [-0.15, -0.1) is 11.3 Å². The molecule has 0 saturated carbocycles. The molecule has 18 heavy (non-hydrogen) atoms. The van der Waals surface area contributed by atoms with Crippen molar-refractivity contribution in [2.24, 2.45) is 0 Å². The van der Waals surface area contributed by atoms with Gasteiger partial charge in [-0.2, -0.15) is 0 Å². The molecule has 2 aromatic heterocycles. The lowest BCUT2D eigenvalue weighted by atomic mass is 9.94. The first-order valence-electron chi connectivity index (χ1n) is 6.62. The van der Waals surface area contributed by atoms with Crippen molar-refractivity contribution in [3.05, 3.63) is 52.0 Å². The second-order valence-corrected chi connectivity index (χ2v) is 5.80. The molecule has 0 aliphatic heterocycles. The Kier molecular flexibility index (Phi) is 3.72. The summed E-state index contributed by atoms with van der Waals surface area (Å²) in [6.07, 6.45) is 8.69. The van der Waals surface area contributed by atoms with Crippen molar-refractivity contribution in [2.75, 3.05) is 6.54 Å². The number of aromatic nitrogens is 1. The summed E-state index contributed by atoms with van der Waals surface area (Å²) in [7, 11) is 0. The van der Waals surface area contributed by atoms with Gasteiger partial charge >= 0.3 is 0 Å². The number of nitrogens with zero attached hydrogens (tertiary/aromatic N) is 1. The molecule has 94 valence electrons. The first-order chi connectivity index (χ1) is 8.93. The second-order valence-electron chi connectivity index (χ2n) is 4.80. The Morgan fingerprint density at radius 2 is 2.17 bits per heavy atom. The van der Waals surface area contributed by atoms with Crippen LogP contribution in [0.1, 0.15) is 34.9 Å². The zero-order chi connectivity index (χ0) is 12.2. The van der Waals surface area contributed by atoms with Gasteiger partial charge in [-0.1, -0.05) is 0 Å². The molecule has 0 aromatic carbocycles. The SMILES string of the molecule is c1cc(CCNC2CCCc3sccc32)ccn1. The highest BCUT2D eigenvalue weighted by Gasteiger charge is 2.20. The average molecular weight is 258 g/mol. The molecule has 3 rings (SSSR count). The molecule has 1 atom stereocenters. The Labute approximate surface area is 112 Å². The topological polar surface area (TPSA) is 24.9 Å². The van der Waals surface area contributed by atoms with Gasteiger partial charge in [-0.05, 0) is 66.9 Å². The normalized spacial score (nSPS) is 18.6. The maximum absolute atomic E-state index is 4.05. The summed E-state index contributed by atoms with van der Waals surface area (Å²) in [4.78, 5) is 5.63. The molecule has 1 N–H and O–H groups in total. The van der Waals surface area contributed by atoms with Gasteiger partial charge in [-0.25, -0.2) is 0 Å². The maximum Gasteiger partial charge on any atom is 0.0331 e. The van der Waals surface area contributed by atoms with Crippen LogP contribution in [-0.4, -0.2) is 11.5 Å². The van der Waals surface area contributed by atoms with Crippen molar-refractivity contribution in [1.29, 1.82) is 0 Å². The van der Waals surface area contributed by atoms with E-state index in [-0.39, 0.29) is 0 Å². The monoisotopic (exact) mass is 258 g/mol. The Morgan fingerprint density at radius 1 is 1.28 bits per heavy atom. The first-order valence-corrected chi connectivity index (χ1v) is 7.50. The van der Waals surface area contributed by atoms with E-state index >= 15 is 0 Å². The molecule has 3 heteroatoms. The van der Waals surface area contributed by atoms with E-state index in [0.29, 0.717) is 6.04 Å². The van der Waals surface area contributed by atoms with E-state index in [1.54, 1.807) is 10.4 Å². The molecule has 0 radical (unpaired) electrons. The Morgan fingerprint density at radius 3 is 3.06 bits per heavy atom. The fourth-order valence-electron chi connectivity index (χ4n) is 2.64. The fraction of sp³-hybridized carbons (Fsp3) is 0.400. The third-order valence-electron chi connectivity index (χ3n) is 3.61. The van der Waals surface area contributed by atoms with Crippen molar-refractivity contribution in [3.8, 4) is 0 Å². The third kappa shape index (κ3) is 2.62. The van der Waals surface area contributed by atoms with Crippen LogP contribution < -0.4 is 5.32 Å². The molecule has 2 nitrogen and oxygen atoms in total. The number of hydrogen-bond acceptors (Lipinski definition) is 3. The number of rotatable bonds is 4. The fourth-order valence-corrected chi connectivity index (χ4v) is 3.63. The lowest BCUT2D eigenvalue weighted by molar-refractivity contribution is 0.467. The van der Waals surface area contributed by atoms with E-state index in [4.69, 9.17) is 0 Å². The molecule has 1 aliphatic rings. The molecule has 0 saturated heterocycles. The van der Waals surface area contributed by atoms with Crippen LogP contribution in [0, 0.1) is 0 Å². The predicted octanol–water partition coefficient (Wildman–Crippen LogP) is 3.35. The lowest BCUT2D eigenvalue weighted by Crippen LogP contribution is -2.26. The molecule has 0 fully saturated rings. The minimum atomic E-state index is 0.571. The van der Waals surface area contributed by atoms with E-state index in [2.05, 4.69) is 33.9 Å². The van der Waals surface area contributed by atoms with Gasteiger partial charge in [0, 0.05) is 23.3 Å². The maximum atomic E-state index is 4.05. The number of nitrogens with one attached hydrogen (secondary N) is 1. The molecular weight excluding hydrogens is 240 g/mol. The summed E-state index contributed by atoms with van der Waals surface area (Å²) >= 11 is 1.91. The van der Waals surface area contributed by atoms with E-state index < -0.39 is 0 Å². The van der Waals surface area contributed by atoms with Crippen LogP contribution >= 0.6 is 11.3 Å². The van der Waals surface area contributed by atoms with Gasteiger partial charge < -0.3 is 5.32 Å². The van der Waals surface area contributed by atoms with E-state index in [1.807, 2.05) is 23.7 Å². The van der Waals surface area contributed by atoms with Crippen LogP contribution in [0.3, 0.4) is 0 Å². The van der Waals surface area contributed by atoms with Crippen LogP contribution in [0.25, 0.3) is 0 Å².